The largest absolute Gasteiger partial charge is 0.465 e. The van der Waals surface area contributed by atoms with Gasteiger partial charge in [0.2, 0.25) is 0 Å². The molecule has 8 nitrogen and oxygen atoms in total. The first-order chi connectivity index (χ1) is 9.75. The lowest BCUT2D eigenvalue weighted by Gasteiger charge is -2.43. The van der Waals surface area contributed by atoms with Gasteiger partial charge in [0.1, 0.15) is 5.82 Å². The van der Waals surface area contributed by atoms with Gasteiger partial charge >= 0.3 is 6.09 Å². The van der Waals surface area contributed by atoms with Crippen molar-refractivity contribution in [2.24, 2.45) is 0 Å². The lowest BCUT2D eigenvalue weighted by atomic mass is 9.89. The number of carboxylic acid groups (broad SMARTS) is 1. The highest BCUT2D eigenvalue weighted by Crippen LogP contribution is 2.33. The topological polar surface area (TPSA) is 107 Å². The van der Waals surface area contributed by atoms with Gasteiger partial charge in [-0.2, -0.15) is 10.2 Å². The molecular weight excluding hydrogens is 260 g/mol. The molecule has 0 bridgehead atoms. The summed E-state index contributed by atoms with van der Waals surface area (Å²) in [6.45, 7) is 1.34. The van der Waals surface area contributed by atoms with E-state index in [1.165, 1.54) is 4.90 Å². The van der Waals surface area contributed by atoms with Gasteiger partial charge in [0, 0.05) is 38.2 Å². The SMILES string of the molecule is O=C(O)N1CCNCC1(c1cccnn1)c1ncc[nH]1. The summed E-state index contributed by atoms with van der Waals surface area (Å²) in [6, 6.07) is 3.50. The summed E-state index contributed by atoms with van der Waals surface area (Å²) in [6.07, 6.45) is 3.82. The number of rotatable bonds is 2. The molecule has 104 valence electrons. The summed E-state index contributed by atoms with van der Waals surface area (Å²) >= 11 is 0. The van der Waals surface area contributed by atoms with Gasteiger partial charge in [-0.3, -0.25) is 4.90 Å². The molecule has 1 atom stereocenters. The van der Waals surface area contributed by atoms with Crippen LogP contribution in [0.3, 0.4) is 0 Å². The third-order valence-electron chi connectivity index (χ3n) is 3.47. The van der Waals surface area contributed by atoms with Gasteiger partial charge in [-0.05, 0) is 12.1 Å². The molecule has 1 aliphatic rings. The maximum Gasteiger partial charge on any atom is 0.408 e. The van der Waals surface area contributed by atoms with Crippen LogP contribution in [0.15, 0.2) is 30.7 Å². The van der Waals surface area contributed by atoms with Gasteiger partial charge < -0.3 is 15.4 Å². The summed E-state index contributed by atoms with van der Waals surface area (Å²) in [5.74, 6) is 0.535. The maximum atomic E-state index is 11.6. The Labute approximate surface area is 114 Å². The van der Waals surface area contributed by atoms with Gasteiger partial charge in [0.05, 0.1) is 5.69 Å². The highest BCUT2D eigenvalue weighted by atomic mass is 16.4. The molecule has 1 aliphatic heterocycles. The second kappa shape index (κ2) is 4.89. The standard InChI is InChI=1S/C12H14N6O2/c19-11(20)18-7-6-13-8-12(18,10-14-4-5-15-10)9-2-1-3-16-17-9/h1-5,13H,6-8H2,(H,14,15)(H,19,20). The third-order valence-corrected chi connectivity index (χ3v) is 3.47. The van der Waals surface area contributed by atoms with Crippen molar-refractivity contribution in [3.63, 3.8) is 0 Å². The van der Waals surface area contributed by atoms with Crippen molar-refractivity contribution in [1.82, 2.24) is 30.4 Å². The van der Waals surface area contributed by atoms with Crippen molar-refractivity contribution in [2.75, 3.05) is 19.6 Å². The first-order valence-corrected chi connectivity index (χ1v) is 6.24. The van der Waals surface area contributed by atoms with E-state index < -0.39 is 11.6 Å². The number of nitrogens with one attached hydrogen (secondary N) is 2. The Kier molecular flexibility index (Phi) is 3.07. The zero-order valence-corrected chi connectivity index (χ0v) is 10.7. The third kappa shape index (κ3) is 1.81. The van der Waals surface area contributed by atoms with E-state index in [9.17, 15) is 9.90 Å². The number of carbonyl (C=O) groups is 1. The summed E-state index contributed by atoms with van der Waals surface area (Å²) in [5.41, 5.74) is -0.438. The number of hydrogen-bond acceptors (Lipinski definition) is 5. The normalized spacial score (nSPS) is 22.7. The van der Waals surface area contributed by atoms with Crippen LogP contribution < -0.4 is 5.32 Å². The molecule has 1 amide bonds. The molecular formula is C12H14N6O2. The summed E-state index contributed by atoms with van der Waals surface area (Å²) in [7, 11) is 0. The fraction of sp³-hybridized carbons (Fsp3) is 0.333. The Bertz CT molecular complexity index is 587. The zero-order valence-electron chi connectivity index (χ0n) is 10.7. The molecule has 3 heterocycles. The van der Waals surface area contributed by atoms with Crippen LogP contribution >= 0.6 is 0 Å². The van der Waals surface area contributed by atoms with Crippen LogP contribution in [-0.2, 0) is 5.54 Å². The molecule has 1 saturated heterocycles. The second-order valence-corrected chi connectivity index (χ2v) is 4.52. The van der Waals surface area contributed by atoms with E-state index in [4.69, 9.17) is 0 Å². The van der Waals surface area contributed by atoms with Crippen LogP contribution in [0.1, 0.15) is 11.5 Å². The van der Waals surface area contributed by atoms with Gasteiger partial charge in [0.25, 0.3) is 0 Å². The molecule has 1 unspecified atom stereocenters. The van der Waals surface area contributed by atoms with E-state index in [1.807, 2.05) is 0 Å². The first kappa shape index (κ1) is 12.5. The number of aromatic amines is 1. The predicted molar refractivity (Wildman–Crippen MR) is 69.0 cm³/mol. The van der Waals surface area contributed by atoms with Crippen LogP contribution in [-0.4, -0.2) is 55.9 Å². The quantitative estimate of drug-likeness (QED) is 0.713. The minimum Gasteiger partial charge on any atom is -0.465 e. The number of amides is 1. The molecule has 0 aromatic carbocycles. The molecule has 1 fully saturated rings. The predicted octanol–water partition coefficient (Wildman–Crippen LogP) is 0.0265. The van der Waals surface area contributed by atoms with Gasteiger partial charge in [-0.15, -0.1) is 0 Å². The zero-order chi connectivity index (χ0) is 14.0. The van der Waals surface area contributed by atoms with E-state index in [0.717, 1.165) is 0 Å². The lowest BCUT2D eigenvalue weighted by Crippen LogP contribution is -2.62. The summed E-state index contributed by atoms with van der Waals surface area (Å²) in [4.78, 5) is 20.3. The smallest absolute Gasteiger partial charge is 0.408 e. The van der Waals surface area contributed by atoms with Crippen LogP contribution in [0, 0.1) is 0 Å². The Morgan fingerprint density at radius 3 is 3.00 bits per heavy atom. The van der Waals surface area contributed by atoms with Gasteiger partial charge in [-0.25, -0.2) is 9.78 Å². The Morgan fingerprint density at radius 1 is 1.45 bits per heavy atom. The Morgan fingerprint density at radius 2 is 2.35 bits per heavy atom. The van der Waals surface area contributed by atoms with Gasteiger partial charge in [0.15, 0.2) is 5.54 Å². The number of hydrogen-bond donors (Lipinski definition) is 3. The van der Waals surface area contributed by atoms with E-state index in [2.05, 4.69) is 25.5 Å². The fourth-order valence-electron chi connectivity index (χ4n) is 2.58. The van der Waals surface area contributed by atoms with Crippen molar-refractivity contribution in [2.45, 2.75) is 5.54 Å². The molecule has 0 saturated carbocycles. The molecule has 3 rings (SSSR count). The van der Waals surface area contributed by atoms with Crippen LogP contribution in [0.25, 0.3) is 0 Å². The van der Waals surface area contributed by atoms with Crippen molar-refractivity contribution in [3.05, 3.63) is 42.2 Å². The summed E-state index contributed by atoms with van der Waals surface area (Å²) in [5, 5.41) is 20.7. The number of nitrogens with zero attached hydrogens (tertiary/aromatic N) is 4. The average molecular weight is 274 g/mol. The molecule has 0 radical (unpaired) electrons. The molecule has 2 aromatic rings. The minimum atomic E-state index is -1.01. The monoisotopic (exact) mass is 274 g/mol. The van der Waals surface area contributed by atoms with Crippen LogP contribution in [0.5, 0.6) is 0 Å². The minimum absolute atomic E-state index is 0.354. The second-order valence-electron chi connectivity index (χ2n) is 4.52. The van der Waals surface area contributed by atoms with E-state index in [0.29, 0.717) is 31.2 Å². The van der Waals surface area contributed by atoms with Crippen LogP contribution in [0.2, 0.25) is 0 Å². The number of imidazole rings is 1. The highest BCUT2D eigenvalue weighted by molar-refractivity contribution is 5.67. The number of H-pyrrole nitrogens is 1. The summed E-state index contributed by atoms with van der Waals surface area (Å²) < 4.78 is 0. The number of piperazine rings is 1. The Balaban J connectivity index is 2.19. The van der Waals surface area contributed by atoms with Crippen molar-refractivity contribution in [3.8, 4) is 0 Å². The van der Waals surface area contributed by atoms with E-state index >= 15 is 0 Å². The van der Waals surface area contributed by atoms with Crippen LogP contribution in [0.4, 0.5) is 4.79 Å². The van der Waals surface area contributed by atoms with E-state index in [1.54, 1.807) is 30.7 Å². The van der Waals surface area contributed by atoms with Gasteiger partial charge in [-0.1, -0.05) is 0 Å². The fourth-order valence-corrected chi connectivity index (χ4v) is 2.58. The molecule has 0 aliphatic carbocycles. The lowest BCUT2D eigenvalue weighted by molar-refractivity contribution is 0.0696. The molecule has 0 spiro atoms. The van der Waals surface area contributed by atoms with Crippen molar-refractivity contribution >= 4 is 6.09 Å². The molecule has 8 heteroatoms. The maximum absolute atomic E-state index is 11.6. The molecule has 2 aromatic heterocycles. The number of aromatic nitrogens is 4. The molecule has 20 heavy (non-hydrogen) atoms. The van der Waals surface area contributed by atoms with E-state index in [-0.39, 0.29) is 0 Å². The average Bonchev–Trinajstić information content (AvgIpc) is 3.02. The van der Waals surface area contributed by atoms with Crippen molar-refractivity contribution < 1.29 is 9.90 Å². The Hall–Kier alpha value is -2.48. The highest BCUT2D eigenvalue weighted by Gasteiger charge is 2.48. The first-order valence-electron chi connectivity index (χ1n) is 6.24. The van der Waals surface area contributed by atoms with Crippen molar-refractivity contribution in [1.29, 1.82) is 0 Å². The molecule has 3 N–H and O–H groups in total.